The van der Waals surface area contributed by atoms with Crippen molar-refractivity contribution in [1.82, 2.24) is 15.2 Å². The van der Waals surface area contributed by atoms with Crippen molar-refractivity contribution in [2.45, 2.75) is 32.9 Å². The molecule has 1 aromatic heterocycles. The fourth-order valence-corrected chi connectivity index (χ4v) is 2.37. The highest BCUT2D eigenvalue weighted by Gasteiger charge is 2.13. The van der Waals surface area contributed by atoms with Gasteiger partial charge in [-0.25, -0.2) is 0 Å². The van der Waals surface area contributed by atoms with Crippen LogP contribution in [0.5, 0.6) is 0 Å². The summed E-state index contributed by atoms with van der Waals surface area (Å²) in [6.45, 7) is 9.76. The smallest absolute Gasteiger partial charge is 0.0562 e. The highest BCUT2D eigenvalue weighted by Crippen LogP contribution is 2.16. The molecule has 1 aliphatic rings. The van der Waals surface area contributed by atoms with Gasteiger partial charge in [0, 0.05) is 44.1 Å². The molecule has 1 fully saturated rings. The van der Waals surface area contributed by atoms with E-state index >= 15 is 0 Å². The van der Waals surface area contributed by atoms with E-state index in [0.717, 1.165) is 31.9 Å². The second-order valence-electron chi connectivity index (χ2n) is 5.68. The van der Waals surface area contributed by atoms with Gasteiger partial charge >= 0.3 is 0 Å². The van der Waals surface area contributed by atoms with Crippen LogP contribution in [0.25, 0.3) is 0 Å². The fourth-order valence-electron chi connectivity index (χ4n) is 2.37. The molecule has 0 aliphatic carbocycles. The standard InChI is InChI=1S/C15H26N4/c1-13(2)17-12-14-11-15(5-6-16-14)19-8-4-7-18(3)9-10-19/h5-6,11,13,17H,4,7-10,12H2,1-3H3. The number of likely N-dealkylation sites (N-methyl/N-ethyl adjacent to an activating group) is 1. The quantitative estimate of drug-likeness (QED) is 0.895. The van der Waals surface area contributed by atoms with Crippen molar-refractivity contribution in [2.24, 2.45) is 0 Å². The minimum absolute atomic E-state index is 0.497. The average Bonchev–Trinajstić information content (AvgIpc) is 2.62. The minimum Gasteiger partial charge on any atom is -0.370 e. The monoisotopic (exact) mass is 262 g/mol. The molecule has 19 heavy (non-hydrogen) atoms. The van der Waals surface area contributed by atoms with Gasteiger partial charge in [-0.1, -0.05) is 13.8 Å². The Balaban J connectivity index is 2.01. The number of nitrogens with zero attached hydrogens (tertiary/aromatic N) is 3. The molecule has 2 heterocycles. The number of anilines is 1. The van der Waals surface area contributed by atoms with Crippen LogP contribution in [-0.4, -0.2) is 49.2 Å². The van der Waals surface area contributed by atoms with Crippen molar-refractivity contribution >= 4 is 5.69 Å². The van der Waals surface area contributed by atoms with Crippen LogP contribution >= 0.6 is 0 Å². The molecule has 1 saturated heterocycles. The first-order chi connectivity index (χ1) is 9.15. The fraction of sp³-hybridized carbons (Fsp3) is 0.667. The summed E-state index contributed by atoms with van der Waals surface area (Å²) >= 11 is 0. The molecular formula is C15H26N4. The zero-order chi connectivity index (χ0) is 13.7. The average molecular weight is 262 g/mol. The molecule has 0 bridgehead atoms. The van der Waals surface area contributed by atoms with Gasteiger partial charge in [0.15, 0.2) is 0 Å². The second-order valence-corrected chi connectivity index (χ2v) is 5.68. The topological polar surface area (TPSA) is 31.4 Å². The third-order valence-corrected chi connectivity index (χ3v) is 3.58. The van der Waals surface area contributed by atoms with E-state index in [-0.39, 0.29) is 0 Å². The van der Waals surface area contributed by atoms with Crippen molar-refractivity contribution in [3.63, 3.8) is 0 Å². The van der Waals surface area contributed by atoms with Gasteiger partial charge in [-0.15, -0.1) is 0 Å². The first-order valence-corrected chi connectivity index (χ1v) is 7.27. The predicted molar refractivity (Wildman–Crippen MR) is 80.5 cm³/mol. The van der Waals surface area contributed by atoms with Gasteiger partial charge in [0.25, 0.3) is 0 Å². The summed E-state index contributed by atoms with van der Waals surface area (Å²) in [6, 6.07) is 4.85. The minimum atomic E-state index is 0.497. The summed E-state index contributed by atoms with van der Waals surface area (Å²) in [7, 11) is 2.20. The lowest BCUT2D eigenvalue weighted by Gasteiger charge is -2.23. The Morgan fingerprint density at radius 2 is 2.11 bits per heavy atom. The SMILES string of the molecule is CC(C)NCc1cc(N2CCCN(C)CC2)ccn1. The molecule has 0 radical (unpaired) electrons. The predicted octanol–water partition coefficient (Wildman–Crippen LogP) is 1.72. The first kappa shape index (κ1) is 14.3. The maximum Gasteiger partial charge on any atom is 0.0562 e. The highest BCUT2D eigenvalue weighted by molar-refractivity contribution is 5.46. The molecule has 1 aliphatic heterocycles. The van der Waals surface area contributed by atoms with Gasteiger partial charge in [0.05, 0.1) is 5.69 Å². The van der Waals surface area contributed by atoms with Crippen molar-refractivity contribution in [3.8, 4) is 0 Å². The molecule has 1 N–H and O–H groups in total. The number of pyridine rings is 1. The van der Waals surface area contributed by atoms with Gasteiger partial charge in [0.2, 0.25) is 0 Å². The number of aromatic nitrogens is 1. The summed E-state index contributed by atoms with van der Waals surface area (Å²) in [6.07, 6.45) is 3.17. The molecule has 0 amide bonds. The van der Waals surface area contributed by atoms with Crippen LogP contribution in [0.15, 0.2) is 18.3 Å². The van der Waals surface area contributed by atoms with Gasteiger partial charge < -0.3 is 15.1 Å². The Morgan fingerprint density at radius 1 is 1.26 bits per heavy atom. The summed E-state index contributed by atoms with van der Waals surface area (Å²) in [5.74, 6) is 0. The van der Waals surface area contributed by atoms with E-state index in [0.29, 0.717) is 6.04 Å². The van der Waals surface area contributed by atoms with Gasteiger partial charge in [-0.3, -0.25) is 4.98 Å². The molecule has 4 nitrogen and oxygen atoms in total. The van der Waals surface area contributed by atoms with Gasteiger partial charge in [-0.05, 0) is 32.1 Å². The molecule has 2 rings (SSSR count). The van der Waals surface area contributed by atoms with Crippen LogP contribution in [0.2, 0.25) is 0 Å². The summed E-state index contributed by atoms with van der Waals surface area (Å²) in [5.41, 5.74) is 2.44. The number of nitrogens with one attached hydrogen (secondary N) is 1. The third-order valence-electron chi connectivity index (χ3n) is 3.58. The van der Waals surface area contributed by atoms with E-state index in [1.54, 1.807) is 0 Å². The highest BCUT2D eigenvalue weighted by atomic mass is 15.2. The van der Waals surface area contributed by atoms with Crippen molar-refractivity contribution < 1.29 is 0 Å². The molecule has 0 atom stereocenters. The molecule has 1 aromatic rings. The van der Waals surface area contributed by atoms with Crippen LogP contribution in [-0.2, 0) is 6.54 Å². The largest absolute Gasteiger partial charge is 0.370 e. The van der Waals surface area contributed by atoms with E-state index in [2.05, 4.69) is 53.1 Å². The lowest BCUT2D eigenvalue weighted by atomic mass is 10.2. The molecule has 0 saturated carbocycles. The molecule has 0 unspecified atom stereocenters. The van der Waals surface area contributed by atoms with Crippen LogP contribution in [0.1, 0.15) is 26.0 Å². The Morgan fingerprint density at radius 3 is 2.89 bits per heavy atom. The maximum atomic E-state index is 4.44. The van der Waals surface area contributed by atoms with Crippen LogP contribution < -0.4 is 10.2 Å². The molecule has 4 heteroatoms. The van der Waals surface area contributed by atoms with Crippen LogP contribution in [0.3, 0.4) is 0 Å². The van der Waals surface area contributed by atoms with Gasteiger partial charge in [0.1, 0.15) is 0 Å². The maximum absolute atomic E-state index is 4.44. The zero-order valence-electron chi connectivity index (χ0n) is 12.4. The lowest BCUT2D eigenvalue weighted by molar-refractivity contribution is 0.360. The number of hydrogen-bond donors (Lipinski definition) is 1. The Hall–Kier alpha value is -1.13. The molecule has 0 aromatic carbocycles. The van der Waals surface area contributed by atoms with Gasteiger partial charge in [-0.2, -0.15) is 0 Å². The second kappa shape index (κ2) is 6.87. The van der Waals surface area contributed by atoms with E-state index in [9.17, 15) is 0 Å². The summed E-state index contributed by atoms with van der Waals surface area (Å²) in [5, 5.41) is 3.42. The van der Waals surface area contributed by atoms with Crippen molar-refractivity contribution in [2.75, 3.05) is 38.1 Å². The third kappa shape index (κ3) is 4.48. The molecular weight excluding hydrogens is 236 g/mol. The Bertz CT molecular complexity index is 391. The van der Waals surface area contributed by atoms with E-state index in [1.807, 2.05) is 6.20 Å². The summed E-state index contributed by atoms with van der Waals surface area (Å²) in [4.78, 5) is 9.33. The van der Waals surface area contributed by atoms with E-state index in [4.69, 9.17) is 0 Å². The lowest BCUT2D eigenvalue weighted by Crippen LogP contribution is -2.29. The van der Waals surface area contributed by atoms with E-state index in [1.165, 1.54) is 18.7 Å². The summed E-state index contributed by atoms with van der Waals surface area (Å²) < 4.78 is 0. The molecule has 106 valence electrons. The van der Waals surface area contributed by atoms with Crippen molar-refractivity contribution in [1.29, 1.82) is 0 Å². The van der Waals surface area contributed by atoms with Crippen molar-refractivity contribution in [3.05, 3.63) is 24.0 Å². The van der Waals surface area contributed by atoms with E-state index < -0.39 is 0 Å². The zero-order valence-corrected chi connectivity index (χ0v) is 12.4. The van der Waals surface area contributed by atoms with Crippen LogP contribution in [0, 0.1) is 0 Å². The first-order valence-electron chi connectivity index (χ1n) is 7.27. The number of hydrogen-bond acceptors (Lipinski definition) is 4. The van der Waals surface area contributed by atoms with Crippen LogP contribution in [0.4, 0.5) is 5.69 Å². The Labute approximate surface area is 116 Å². The molecule has 0 spiro atoms. The normalized spacial score (nSPS) is 17.8. The number of rotatable bonds is 4. The Kier molecular flexibility index (Phi) is 5.16.